The lowest BCUT2D eigenvalue weighted by Gasteiger charge is -2.10. The van der Waals surface area contributed by atoms with E-state index in [2.05, 4.69) is 10.1 Å². The van der Waals surface area contributed by atoms with E-state index in [0.29, 0.717) is 6.54 Å². The molecule has 0 amide bonds. The zero-order chi connectivity index (χ0) is 7.98. The van der Waals surface area contributed by atoms with Gasteiger partial charge >= 0.3 is 6.16 Å². The molecule has 0 aliphatic heterocycles. The van der Waals surface area contributed by atoms with Crippen LogP contribution in [0.15, 0.2) is 0 Å². The van der Waals surface area contributed by atoms with Crippen LogP contribution >= 0.6 is 0 Å². The lowest BCUT2D eigenvalue weighted by atomic mass is 10.4. The largest absolute Gasteiger partial charge is 0.508 e. The van der Waals surface area contributed by atoms with Crippen molar-refractivity contribution in [1.82, 2.24) is 5.32 Å². The average Bonchev–Trinajstić information content (AvgIpc) is 1.88. The highest BCUT2D eigenvalue weighted by atomic mass is 16.7. The Morgan fingerprint density at radius 2 is 2.30 bits per heavy atom. The monoisotopic (exact) mass is 147 g/mol. The molecule has 1 unspecified atom stereocenters. The number of ether oxygens (including phenoxy) is 2. The van der Waals surface area contributed by atoms with Gasteiger partial charge in [-0.05, 0) is 14.0 Å². The maximum absolute atomic E-state index is 10.4. The molecule has 0 rings (SSSR count). The first-order valence-corrected chi connectivity index (χ1v) is 3.10. The third-order valence-electron chi connectivity index (χ3n) is 0.956. The molecule has 4 heteroatoms. The molecule has 0 aromatic carbocycles. The van der Waals surface area contributed by atoms with Gasteiger partial charge in [-0.25, -0.2) is 4.79 Å². The van der Waals surface area contributed by atoms with Gasteiger partial charge < -0.3 is 14.8 Å². The van der Waals surface area contributed by atoms with Crippen LogP contribution in [0.3, 0.4) is 0 Å². The van der Waals surface area contributed by atoms with Crippen LogP contribution in [0.1, 0.15) is 6.92 Å². The van der Waals surface area contributed by atoms with Crippen molar-refractivity contribution in [3.63, 3.8) is 0 Å². The van der Waals surface area contributed by atoms with Gasteiger partial charge in [0, 0.05) is 6.54 Å². The third-order valence-corrected chi connectivity index (χ3v) is 0.956. The minimum Gasteiger partial charge on any atom is -0.438 e. The number of rotatable bonds is 3. The van der Waals surface area contributed by atoms with Crippen LogP contribution in [0.25, 0.3) is 0 Å². The van der Waals surface area contributed by atoms with Gasteiger partial charge in [0.05, 0.1) is 7.11 Å². The van der Waals surface area contributed by atoms with Gasteiger partial charge in [-0.15, -0.1) is 0 Å². The molecule has 0 spiro atoms. The van der Waals surface area contributed by atoms with Gasteiger partial charge in [0.1, 0.15) is 6.10 Å². The van der Waals surface area contributed by atoms with E-state index in [4.69, 9.17) is 4.74 Å². The van der Waals surface area contributed by atoms with Crippen molar-refractivity contribution in [2.24, 2.45) is 0 Å². The van der Waals surface area contributed by atoms with Crippen LogP contribution in [0, 0.1) is 0 Å². The highest BCUT2D eigenvalue weighted by molar-refractivity contribution is 5.59. The summed E-state index contributed by atoms with van der Waals surface area (Å²) in [6.07, 6.45) is -0.778. The van der Waals surface area contributed by atoms with E-state index in [1.54, 1.807) is 14.0 Å². The summed E-state index contributed by atoms with van der Waals surface area (Å²) in [5.41, 5.74) is 0. The molecule has 0 saturated carbocycles. The molecule has 0 bridgehead atoms. The normalized spacial score (nSPS) is 12.3. The van der Waals surface area contributed by atoms with Crippen molar-refractivity contribution < 1.29 is 14.3 Å². The van der Waals surface area contributed by atoms with E-state index < -0.39 is 6.16 Å². The van der Waals surface area contributed by atoms with Crippen LogP contribution in [0.2, 0.25) is 0 Å². The Bertz CT molecular complexity index is 105. The van der Waals surface area contributed by atoms with Crippen LogP contribution in [0.4, 0.5) is 4.79 Å². The smallest absolute Gasteiger partial charge is 0.438 e. The van der Waals surface area contributed by atoms with Gasteiger partial charge in [-0.2, -0.15) is 0 Å². The van der Waals surface area contributed by atoms with Crippen molar-refractivity contribution in [2.45, 2.75) is 13.0 Å². The summed E-state index contributed by atoms with van der Waals surface area (Å²) >= 11 is 0. The van der Waals surface area contributed by atoms with Crippen molar-refractivity contribution in [3.05, 3.63) is 0 Å². The van der Waals surface area contributed by atoms with Gasteiger partial charge in [0.25, 0.3) is 0 Å². The number of methoxy groups -OCH3 is 1. The van der Waals surface area contributed by atoms with Crippen LogP contribution in [0.5, 0.6) is 0 Å². The fourth-order valence-electron chi connectivity index (χ4n) is 0.542. The molecule has 0 saturated heterocycles. The number of likely N-dealkylation sites (N-methyl/N-ethyl adjacent to an activating group) is 1. The molecule has 10 heavy (non-hydrogen) atoms. The van der Waals surface area contributed by atoms with Gasteiger partial charge in [-0.3, -0.25) is 0 Å². The maximum atomic E-state index is 10.4. The number of carbonyl (C=O) groups is 1. The second kappa shape index (κ2) is 5.05. The summed E-state index contributed by atoms with van der Waals surface area (Å²) in [5, 5.41) is 2.86. The molecule has 1 N–H and O–H groups in total. The second-order valence-corrected chi connectivity index (χ2v) is 1.94. The predicted octanol–water partition coefficient (Wildman–Crippen LogP) is 0.377. The van der Waals surface area contributed by atoms with E-state index in [0.717, 1.165) is 0 Å². The minimum atomic E-state index is -0.636. The second-order valence-electron chi connectivity index (χ2n) is 1.94. The molecule has 0 aliphatic rings. The Balaban J connectivity index is 3.37. The molecule has 4 nitrogen and oxygen atoms in total. The SMILES string of the molecule is CNCC(C)OC(=O)OC. The van der Waals surface area contributed by atoms with E-state index in [1.165, 1.54) is 7.11 Å². The minimum absolute atomic E-state index is 0.141. The molecule has 0 aromatic rings. The summed E-state index contributed by atoms with van der Waals surface area (Å²) in [6, 6.07) is 0. The van der Waals surface area contributed by atoms with Crippen LogP contribution in [-0.4, -0.2) is 33.0 Å². The quantitative estimate of drug-likeness (QED) is 0.586. The molecule has 0 aromatic heterocycles. The summed E-state index contributed by atoms with van der Waals surface area (Å²) in [5.74, 6) is 0. The first kappa shape index (κ1) is 9.23. The van der Waals surface area contributed by atoms with Crippen molar-refractivity contribution in [1.29, 1.82) is 0 Å². The van der Waals surface area contributed by atoms with Crippen molar-refractivity contribution in [2.75, 3.05) is 20.7 Å². The number of hydrogen-bond acceptors (Lipinski definition) is 4. The molecule has 0 fully saturated rings. The molecular formula is C6H13NO3. The molecule has 0 heterocycles. The third kappa shape index (κ3) is 4.14. The fourth-order valence-corrected chi connectivity index (χ4v) is 0.542. The number of hydrogen-bond donors (Lipinski definition) is 1. The zero-order valence-corrected chi connectivity index (χ0v) is 6.51. The maximum Gasteiger partial charge on any atom is 0.508 e. The number of carbonyl (C=O) groups excluding carboxylic acids is 1. The Morgan fingerprint density at radius 1 is 1.70 bits per heavy atom. The van der Waals surface area contributed by atoms with Crippen LogP contribution < -0.4 is 5.32 Å². The van der Waals surface area contributed by atoms with Crippen molar-refractivity contribution >= 4 is 6.16 Å². The lowest BCUT2D eigenvalue weighted by molar-refractivity contribution is 0.0442. The standard InChI is InChI=1S/C6H13NO3/c1-5(4-7-2)10-6(8)9-3/h5,7H,4H2,1-3H3. The summed E-state index contributed by atoms with van der Waals surface area (Å²) in [7, 11) is 3.07. The van der Waals surface area contributed by atoms with E-state index in [9.17, 15) is 4.79 Å². The predicted molar refractivity (Wildman–Crippen MR) is 36.9 cm³/mol. The zero-order valence-electron chi connectivity index (χ0n) is 6.51. The molecule has 0 aliphatic carbocycles. The summed E-state index contributed by atoms with van der Waals surface area (Å²) in [4.78, 5) is 10.4. The first-order chi connectivity index (χ1) is 4.70. The van der Waals surface area contributed by atoms with E-state index in [-0.39, 0.29) is 6.10 Å². The highest BCUT2D eigenvalue weighted by Gasteiger charge is 2.06. The van der Waals surface area contributed by atoms with Crippen molar-refractivity contribution in [3.8, 4) is 0 Å². The Morgan fingerprint density at radius 3 is 2.70 bits per heavy atom. The Hall–Kier alpha value is -0.770. The fraction of sp³-hybridized carbons (Fsp3) is 0.833. The Labute approximate surface area is 60.5 Å². The highest BCUT2D eigenvalue weighted by Crippen LogP contribution is 1.90. The van der Waals surface area contributed by atoms with Crippen LogP contribution in [-0.2, 0) is 9.47 Å². The van der Waals surface area contributed by atoms with Gasteiger partial charge in [0.15, 0.2) is 0 Å². The average molecular weight is 147 g/mol. The van der Waals surface area contributed by atoms with E-state index >= 15 is 0 Å². The lowest BCUT2D eigenvalue weighted by Crippen LogP contribution is -2.26. The topological polar surface area (TPSA) is 47.6 Å². The van der Waals surface area contributed by atoms with Gasteiger partial charge in [0.2, 0.25) is 0 Å². The molecular weight excluding hydrogens is 134 g/mol. The number of nitrogens with one attached hydrogen (secondary N) is 1. The molecule has 60 valence electrons. The first-order valence-electron chi connectivity index (χ1n) is 3.10. The Kier molecular flexibility index (Phi) is 4.66. The van der Waals surface area contributed by atoms with Gasteiger partial charge in [-0.1, -0.05) is 0 Å². The molecule has 1 atom stereocenters. The van der Waals surface area contributed by atoms with E-state index in [1.807, 2.05) is 0 Å². The molecule has 0 radical (unpaired) electrons. The summed E-state index contributed by atoms with van der Waals surface area (Å²) in [6.45, 7) is 2.42. The summed E-state index contributed by atoms with van der Waals surface area (Å²) < 4.78 is 8.99.